The molecule has 1 saturated heterocycles. The zero-order chi connectivity index (χ0) is 28.3. The number of carbonyl (C=O) groups is 3. The first-order valence-electron chi connectivity index (χ1n) is 13.0. The van der Waals surface area contributed by atoms with Crippen molar-refractivity contribution in [1.82, 2.24) is 34.6 Å². The molecule has 0 unspecified atom stereocenters. The van der Waals surface area contributed by atoms with E-state index in [0.29, 0.717) is 44.8 Å². The summed E-state index contributed by atoms with van der Waals surface area (Å²) in [5.74, 6) is 0.344. The number of rotatable bonds is 6. The second kappa shape index (κ2) is 9.54. The monoisotopic (exact) mass is 602 g/mol. The first-order chi connectivity index (χ1) is 19.0. The predicted molar refractivity (Wildman–Crippen MR) is 150 cm³/mol. The van der Waals surface area contributed by atoms with E-state index in [1.54, 1.807) is 42.5 Å². The molecule has 12 heteroatoms. The van der Waals surface area contributed by atoms with Crippen LogP contribution in [0.25, 0.3) is 22.2 Å². The summed E-state index contributed by atoms with van der Waals surface area (Å²) >= 11 is 3.36. The SMILES string of the molecule is CC(=O)c1nn(CC(=O)N2[C@H](C(=O)Nc3cc(C)cc(Br)n3)C[C@@]3(C)C[C@@H]23)c2cnc(-c3cnc(C)nc3)cc12. The molecule has 0 radical (unpaired) electrons. The van der Waals surface area contributed by atoms with Crippen LogP contribution >= 0.6 is 15.9 Å². The largest absolute Gasteiger partial charge is 0.325 e. The maximum absolute atomic E-state index is 13.8. The molecule has 11 nitrogen and oxygen atoms in total. The van der Waals surface area contributed by atoms with Gasteiger partial charge >= 0.3 is 0 Å². The summed E-state index contributed by atoms with van der Waals surface area (Å²) in [4.78, 5) is 58.6. The highest BCUT2D eigenvalue weighted by molar-refractivity contribution is 9.10. The van der Waals surface area contributed by atoms with Crippen molar-refractivity contribution in [1.29, 1.82) is 0 Å². The van der Waals surface area contributed by atoms with Crippen LogP contribution in [-0.2, 0) is 16.1 Å². The molecule has 0 bridgehead atoms. The number of halogens is 1. The van der Waals surface area contributed by atoms with Crippen LogP contribution in [0.2, 0.25) is 0 Å². The van der Waals surface area contributed by atoms with Crippen molar-refractivity contribution in [2.45, 2.75) is 59.2 Å². The standard InChI is InChI=1S/C28H27BrN8O3/c1-14-5-23(29)33-24(6-14)34-27(40)20-8-28(4)9-22(28)37(20)25(39)13-36-21-12-32-19(17-10-30-16(3)31-11-17)7-18(21)26(35-36)15(2)38/h5-7,10-12,20,22H,8-9,13H2,1-4H3,(H,33,34,40)/t20-,22+,28-/m0/s1. The molecule has 1 aliphatic heterocycles. The fraction of sp³-hybridized carbons (Fsp3) is 0.357. The molecule has 204 valence electrons. The summed E-state index contributed by atoms with van der Waals surface area (Å²) < 4.78 is 2.12. The number of carbonyl (C=O) groups excluding carboxylic acids is 3. The van der Waals surface area contributed by atoms with E-state index < -0.39 is 6.04 Å². The van der Waals surface area contributed by atoms with Crippen LogP contribution < -0.4 is 5.32 Å². The lowest BCUT2D eigenvalue weighted by Gasteiger charge is -2.27. The van der Waals surface area contributed by atoms with E-state index in [0.717, 1.165) is 12.0 Å². The van der Waals surface area contributed by atoms with Crippen molar-refractivity contribution in [3.63, 3.8) is 0 Å². The van der Waals surface area contributed by atoms with E-state index in [9.17, 15) is 14.4 Å². The average Bonchev–Trinajstić information content (AvgIpc) is 3.26. The quantitative estimate of drug-likeness (QED) is 0.259. The second-order valence-corrected chi connectivity index (χ2v) is 11.7. The minimum atomic E-state index is -0.627. The number of Topliss-reactive ketones (excluding diaryl/α,β-unsaturated/α-hetero) is 1. The number of amides is 2. The third-order valence-electron chi connectivity index (χ3n) is 7.75. The third kappa shape index (κ3) is 4.66. The van der Waals surface area contributed by atoms with Crippen molar-refractivity contribution in [2.24, 2.45) is 5.41 Å². The topological polar surface area (TPSA) is 136 Å². The molecule has 1 aliphatic carbocycles. The number of nitrogens with zero attached hydrogens (tertiary/aromatic N) is 7. The predicted octanol–water partition coefficient (Wildman–Crippen LogP) is 3.88. The number of hydrogen-bond donors (Lipinski definition) is 1. The molecule has 2 aliphatic rings. The molecule has 0 spiro atoms. The van der Waals surface area contributed by atoms with Gasteiger partial charge in [0.05, 0.1) is 17.4 Å². The second-order valence-electron chi connectivity index (χ2n) is 10.9. The molecule has 1 saturated carbocycles. The number of pyridine rings is 2. The molecule has 4 aromatic rings. The zero-order valence-electron chi connectivity index (χ0n) is 22.5. The lowest BCUT2D eigenvalue weighted by molar-refractivity contribution is -0.138. The van der Waals surface area contributed by atoms with Crippen molar-refractivity contribution in [3.8, 4) is 11.3 Å². The van der Waals surface area contributed by atoms with Gasteiger partial charge in [-0.3, -0.25) is 24.0 Å². The fourth-order valence-corrected chi connectivity index (χ4v) is 6.16. The van der Waals surface area contributed by atoms with Crippen molar-refractivity contribution in [2.75, 3.05) is 5.32 Å². The molecule has 1 N–H and O–H groups in total. The molecule has 4 aromatic heterocycles. The van der Waals surface area contributed by atoms with Gasteiger partial charge in [0.1, 0.15) is 34.5 Å². The molecule has 5 heterocycles. The van der Waals surface area contributed by atoms with Crippen molar-refractivity contribution in [3.05, 3.63) is 58.5 Å². The minimum absolute atomic E-state index is 0.0201. The van der Waals surface area contributed by atoms with Gasteiger partial charge in [0, 0.05) is 36.3 Å². The normalized spacial score (nSPS) is 21.4. The number of piperidine rings is 1. The fourth-order valence-electron chi connectivity index (χ4n) is 5.60. The van der Waals surface area contributed by atoms with E-state index >= 15 is 0 Å². The Morgan fingerprint density at radius 1 is 1.07 bits per heavy atom. The highest BCUT2D eigenvalue weighted by Crippen LogP contribution is 2.59. The third-order valence-corrected chi connectivity index (χ3v) is 8.15. The Balaban J connectivity index is 1.28. The van der Waals surface area contributed by atoms with E-state index in [1.165, 1.54) is 11.6 Å². The molecular weight excluding hydrogens is 576 g/mol. The Hall–Kier alpha value is -4.06. The van der Waals surface area contributed by atoms with Gasteiger partial charge in [-0.25, -0.2) is 15.0 Å². The first kappa shape index (κ1) is 26.2. The van der Waals surface area contributed by atoms with Gasteiger partial charge in [-0.2, -0.15) is 5.10 Å². The minimum Gasteiger partial charge on any atom is -0.325 e. The number of ketones is 1. The zero-order valence-corrected chi connectivity index (χ0v) is 24.1. The molecule has 40 heavy (non-hydrogen) atoms. The van der Waals surface area contributed by atoms with E-state index in [-0.39, 0.29) is 41.3 Å². The van der Waals surface area contributed by atoms with Gasteiger partial charge in [-0.15, -0.1) is 0 Å². The van der Waals surface area contributed by atoms with Gasteiger partial charge in [0.2, 0.25) is 11.8 Å². The summed E-state index contributed by atoms with van der Waals surface area (Å²) in [6.45, 7) is 7.14. The summed E-state index contributed by atoms with van der Waals surface area (Å²) in [5.41, 5.74) is 2.97. The molecule has 3 atom stereocenters. The highest BCUT2D eigenvalue weighted by Gasteiger charge is 2.64. The number of aryl methyl sites for hydroxylation is 2. The van der Waals surface area contributed by atoms with Crippen LogP contribution in [0.3, 0.4) is 0 Å². The molecule has 0 aromatic carbocycles. The van der Waals surface area contributed by atoms with E-state index in [4.69, 9.17) is 0 Å². The van der Waals surface area contributed by atoms with Crippen LogP contribution in [0.1, 0.15) is 48.6 Å². The van der Waals surface area contributed by atoms with Gasteiger partial charge in [-0.1, -0.05) is 6.92 Å². The molecule has 2 fully saturated rings. The number of anilines is 1. The van der Waals surface area contributed by atoms with Crippen LogP contribution in [0.4, 0.5) is 5.82 Å². The summed E-state index contributed by atoms with van der Waals surface area (Å²) in [6, 6.07) is 4.76. The Kier molecular flexibility index (Phi) is 6.25. The number of aromatic nitrogens is 6. The van der Waals surface area contributed by atoms with Crippen LogP contribution in [0, 0.1) is 19.3 Å². The maximum Gasteiger partial charge on any atom is 0.248 e. The molecule has 6 rings (SSSR count). The first-order valence-corrected chi connectivity index (χ1v) is 13.7. The smallest absolute Gasteiger partial charge is 0.248 e. The van der Waals surface area contributed by atoms with Crippen molar-refractivity contribution < 1.29 is 14.4 Å². The van der Waals surface area contributed by atoms with Crippen molar-refractivity contribution >= 4 is 50.2 Å². The maximum atomic E-state index is 13.8. The van der Waals surface area contributed by atoms with Crippen LogP contribution in [-0.4, -0.2) is 64.3 Å². The molecular formula is C28H27BrN8O3. The highest BCUT2D eigenvalue weighted by atomic mass is 79.9. The summed E-state index contributed by atoms with van der Waals surface area (Å²) in [5, 5.41) is 7.97. The number of fused-ring (bicyclic) bond motifs is 2. The molecule has 2 amide bonds. The lowest BCUT2D eigenvalue weighted by atomic mass is 10.0. The Bertz CT molecular complexity index is 1680. The van der Waals surface area contributed by atoms with Crippen LogP contribution in [0.5, 0.6) is 0 Å². The van der Waals surface area contributed by atoms with E-state index in [2.05, 4.69) is 53.2 Å². The number of nitrogens with one attached hydrogen (secondary N) is 1. The Morgan fingerprint density at radius 2 is 1.82 bits per heavy atom. The number of likely N-dealkylation sites (tertiary alicyclic amines) is 1. The number of hydrogen-bond acceptors (Lipinski definition) is 8. The van der Waals surface area contributed by atoms with Gasteiger partial charge in [0.15, 0.2) is 5.78 Å². The summed E-state index contributed by atoms with van der Waals surface area (Å²) in [6.07, 6.45) is 6.37. The van der Waals surface area contributed by atoms with Gasteiger partial charge in [0.25, 0.3) is 0 Å². The van der Waals surface area contributed by atoms with Crippen LogP contribution in [0.15, 0.2) is 41.4 Å². The Labute approximate surface area is 238 Å². The Morgan fingerprint density at radius 3 is 2.52 bits per heavy atom. The van der Waals surface area contributed by atoms with E-state index in [1.807, 2.05) is 13.0 Å². The van der Waals surface area contributed by atoms with Gasteiger partial charge < -0.3 is 10.2 Å². The van der Waals surface area contributed by atoms with Gasteiger partial charge in [-0.05, 0) is 71.8 Å². The summed E-state index contributed by atoms with van der Waals surface area (Å²) in [7, 11) is 0. The average molecular weight is 603 g/mol. The lowest BCUT2D eigenvalue weighted by Crippen LogP contribution is -2.46.